The quantitative estimate of drug-likeness (QED) is 0.290. The van der Waals surface area contributed by atoms with Crippen LogP contribution in [0.2, 0.25) is 0 Å². The van der Waals surface area contributed by atoms with E-state index in [1.165, 1.54) is 32.0 Å². The smallest absolute Gasteiger partial charge is 0.208 e. The molecule has 0 bridgehead atoms. The molecule has 9 nitrogen and oxygen atoms in total. The van der Waals surface area contributed by atoms with Crippen LogP contribution in [0.1, 0.15) is 37.3 Å². The molecule has 1 aliphatic heterocycles. The lowest BCUT2D eigenvalue weighted by atomic mass is 9.89. The van der Waals surface area contributed by atoms with Crippen molar-refractivity contribution in [1.82, 2.24) is 33.9 Å². The van der Waals surface area contributed by atoms with Crippen LogP contribution in [-0.4, -0.2) is 73.2 Å². The molecule has 3 aromatic heterocycles. The SMILES string of the molecule is Cc1c(F)ccc2c1nc(Nc1ccc(-c3cn([C@H]4CC[C@H](N5CCN(C)CC5)CC4)c4ncnc(N)c34)cc1)n2C. The molecule has 0 spiro atoms. The van der Waals surface area contributed by atoms with Crippen LogP contribution in [0, 0.1) is 12.7 Å². The molecule has 7 rings (SSSR count). The Balaban J connectivity index is 1.13. The number of imidazole rings is 1. The summed E-state index contributed by atoms with van der Waals surface area (Å²) in [6, 6.07) is 12.6. The van der Waals surface area contributed by atoms with E-state index >= 15 is 0 Å². The summed E-state index contributed by atoms with van der Waals surface area (Å²) in [5.41, 5.74) is 12.5. The number of aromatic nitrogens is 5. The summed E-state index contributed by atoms with van der Waals surface area (Å²) in [4.78, 5) is 18.8. The molecule has 5 aromatic rings. The summed E-state index contributed by atoms with van der Waals surface area (Å²) in [5, 5.41) is 4.30. The summed E-state index contributed by atoms with van der Waals surface area (Å²) in [6.07, 6.45) is 8.48. The van der Waals surface area contributed by atoms with Gasteiger partial charge in [0.1, 0.15) is 23.6 Å². The topological polar surface area (TPSA) is 93.1 Å². The highest BCUT2D eigenvalue weighted by Crippen LogP contribution is 2.39. The fourth-order valence-electron chi connectivity index (χ4n) is 6.84. The molecule has 1 aliphatic carbocycles. The van der Waals surface area contributed by atoms with Gasteiger partial charge in [-0.15, -0.1) is 0 Å². The van der Waals surface area contributed by atoms with Gasteiger partial charge in [-0.1, -0.05) is 12.1 Å². The minimum absolute atomic E-state index is 0.248. The number of nitrogens with zero attached hydrogens (tertiary/aromatic N) is 7. The molecule has 2 aromatic carbocycles. The number of rotatable bonds is 5. The first kappa shape index (κ1) is 26.9. The molecule has 0 unspecified atom stereocenters. The Morgan fingerprint density at radius 2 is 1.62 bits per heavy atom. The highest BCUT2D eigenvalue weighted by molar-refractivity contribution is 6.00. The van der Waals surface area contributed by atoms with Crippen molar-refractivity contribution in [3.63, 3.8) is 0 Å². The van der Waals surface area contributed by atoms with Crippen LogP contribution in [0.5, 0.6) is 0 Å². The highest BCUT2D eigenvalue weighted by Gasteiger charge is 2.30. The van der Waals surface area contributed by atoms with E-state index in [4.69, 9.17) is 10.7 Å². The Bertz CT molecular complexity index is 1740. The molecule has 0 atom stereocenters. The van der Waals surface area contributed by atoms with Crippen molar-refractivity contribution >= 4 is 39.5 Å². The molecular formula is C32H38FN9. The van der Waals surface area contributed by atoms with Gasteiger partial charge in [-0.3, -0.25) is 4.90 Å². The first-order valence-electron chi connectivity index (χ1n) is 14.9. The molecule has 3 N–H and O–H groups in total. The normalized spacial score (nSPS) is 20.5. The lowest BCUT2D eigenvalue weighted by Crippen LogP contribution is -2.49. The number of fused-ring (bicyclic) bond motifs is 2. The predicted octanol–water partition coefficient (Wildman–Crippen LogP) is 5.49. The average molecular weight is 568 g/mol. The predicted molar refractivity (Wildman–Crippen MR) is 166 cm³/mol. The van der Waals surface area contributed by atoms with Crippen molar-refractivity contribution in [1.29, 1.82) is 0 Å². The van der Waals surface area contributed by atoms with Gasteiger partial charge in [0, 0.05) is 68.3 Å². The molecule has 4 heterocycles. The second-order valence-electron chi connectivity index (χ2n) is 11.9. The summed E-state index contributed by atoms with van der Waals surface area (Å²) in [6.45, 7) is 6.42. The van der Waals surface area contributed by atoms with Crippen molar-refractivity contribution in [2.45, 2.75) is 44.7 Å². The maximum Gasteiger partial charge on any atom is 0.208 e. The molecule has 10 heteroatoms. The molecule has 2 fully saturated rings. The van der Waals surface area contributed by atoms with Crippen molar-refractivity contribution in [2.24, 2.45) is 7.05 Å². The number of nitrogens with two attached hydrogens (primary N) is 1. The molecule has 0 radical (unpaired) electrons. The van der Waals surface area contributed by atoms with E-state index in [2.05, 4.69) is 55.0 Å². The number of nitrogens with one attached hydrogen (secondary N) is 1. The number of aryl methyl sites for hydroxylation is 2. The maximum atomic E-state index is 14.1. The number of halogens is 1. The van der Waals surface area contributed by atoms with Gasteiger partial charge >= 0.3 is 0 Å². The third kappa shape index (κ3) is 4.68. The van der Waals surface area contributed by atoms with E-state index in [-0.39, 0.29) is 5.82 Å². The number of hydrogen-bond donors (Lipinski definition) is 2. The number of likely N-dealkylation sites (N-methyl/N-ethyl adjacent to an activating group) is 1. The second-order valence-corrected chi connectivity index (χ2v) is 11.9. The Hall–Kier alpha value is -4.02. The Morgan fingerprint density at radius 1 is 0.905 bits per heavy atom. The zero-order chi connectivity index (χ0) is 29.0. The van der Waals surface area contributed by atoms with Crippen LogP contribution in [-0.2, 0) is 7.05 Å². The van der Waals surface area contributed by atoms with Gasteiger partial charge in [0.15, 0.2) is 0 Å². The van der Waals surface area contributed by atoms with E-state index in [1.54, 1.807) is 19.3 Å². The van der Waals surface area contributed by atoms with E-state index in [0.717, 1.165) is 59.3 Å². The van der Waals surface area contributed by atoms with Crippen molar-refractivity contribution in [3.8, 4) is 11.1 Å². The van der Waals surface area contributed by atoms with Crippen molar-refractivity contribution < 1.29 is 4.39 Å². The van der Waals surface area contributed by atoms with E-state index < -0.39 is 0 Å². The summed E-state index contributed by atoms with van der Waals surface area (Å²) < 4.78 is 18.4. The van der Waals surface area contributed by atoms with Gasteiger partial charge in [0.2, 0.25) is 5.95 Å². The van der Waals surface area contributed by atoms with Crippen LogP contribution in [0.25, 0.3) is 33.2 Å². The third-order valence-electron chi connectivity index (χ3n) is 9.44. The Morgan fingerprint density at radius 3 is 2.36 bits per heavy atom. The lowest BCUT2D eigenvalue weighted by molar-refractivity contribution is 0.0828. The fraction of sp³-hybridized carbons (Fsp3) is 0.406. The van der Waals surface area contributed by atoms with Crippen LogP contribution in [0.3, 0.4) is 0 Å². The monoisotopic (exact) mass is 567 g/mol. The van der Waals surface area contributed by atoms with Crippen LogP contribution >= 0.6 is 0 Å². The fourth-order valence-corrected chi connectivity index (χ4v) is 6.84. The number of anilines is 3. The Labute approximate surface area is 245 Å². The number of piperazine rings is 1. The molecule has 42 heavy (non-hydrogen) atoms. The summed E-state index contributed by atoms with van der Waals surface area (Å²) in [5.74, 6) is 0.916. The second kappa shape index (κ2) is 10.7. The van der Waals surface area contributed by atoms with Gasteiger partial charge in [-0.2, -0.15) is 0 Å². The molecular weight excluding hydrogens is 529 g/mol. The van der Waals surface area contributed by atoms with Gasteiger partial charge in [0.05, 0.1) is 16.4 Å². The molecule has 0 amide bonds. The molecule has 2 aliphatic rings. The van der Waals surface area contributed by atoms with E-state index in [0.29, 0.717) is 34.9 Å². The molecule has 1 saturated heterocycles. The minimum Gasteiger partial charge on any atom is -0.383 e. The molecule has 1 saturated carbocycles. The van der Waals surface area contributed by atoms with Crippen LogP contribution in [0.15, 0.2) is 48.9 Å². The number of nitrogen functional groups attached to an aromatic ring is 1. The van der Waals surface area contributed by atoms with Crippen molar-refractivity contribution in [3.05, 3.63) is 60.3 Å². The summed E-state index contributed by atoms with van der Waals surface area (Å²) >= 11 is 0. The Kier molecular flexibility index (Phi) is 6.82. The number of benzene rings is 2. The largest absolute Gasteiger partial charge is 0.383 e. The zero-order valence-electron chi connectivity index (χ0n) is 24.5. The summed E-state index contributed by atoms with van der Waals surface area (Å²) in [7, 11) is 4.15. The first-order valence-corrected chi connectivity index (χ1v) is 14.9. The average Bonchev–Trinajstić information content (AvgIpc) is 3.55. The van der Waals surface area contributed by atoms with Gasteiger partial charge in [0.25, 0.3) is 0 Å². The zero-order valence-corrected chi connectivity index (χ0v) is 24.5. The van der Waals surface area contributed by atoms with Crippen molar-refractivity contribution in [2.75, 3.05) is 44.3 Å². The van der Waals surface area contributed by atoms with Crippen LogP contribution < -0.4 is 11.1 Å². The van der Waals surface area contributed by atoms with E-state index in [9.17, 15) is 4.39 Å². The standard InChI is InChI=1S/C32H38FN9/c1-20-26(33)12-13-27-29(20)38-32(40(27)3)37-22-6-4-21(5-7-22)25-18-42(31-28(25)30(34)35-19-36-31)24-10-8-23(9-11-24)41-16-14-39(2)15-17-41/h4-7,12-13,18-19,23-24H,8-11,14-17H2,1-3H3,(H,37,38)(H2,34,35,36)/t23-,24-. The lowest BCUT2D eigenvalue weighted by Gasteiger charge is -2.41. The third-order valence-corrected chi connectivity index (χ3v) is 9.44. The molecule has 218 valence electrons. The van der Waals surface area contributed by atoms with Crippen LogP contribution in [0.4, 0.5) is 21.8 Å². The van der Waals surface area contributed by atoms with Gasteiger partial charge < -0.3 is 25.1 Å². The first-order chi connectivity index (χ1) is 20.4. The van der Waals surface area contributed by atoms with Gasteiger partial charge in [-0.25, -0.2) is 19.3 Å². The number of hydrogen-bond acceptors (Lipinski definition) is 7. The van der Waals surface area contributed by atoms with Gasteiger partial charge in [-0.05, 0) is 69.5 Å². The van der Waals surface area contributed by atoms with E-state index in [1.807, 2.05) is 23.7 Å². The highest BCUT2D eigenvalue weighted by atomic mass is 19.1. The minimum atomic E-state index is -0.248. The maximum absolute atomic E-state index is 14.1.